The summed E-state index contributed by atoms with van der Waals surface area (Å²) in [6.45, 7) is 4.27. The highest BCUT2D eigenvalue weighted by atomic mass is 32.1. The maximum atomic E-state index is 11.8. The summed E-state index contributed by atoms with van der Waals surface area (Å²) in [4.78, 5) is 14.3. The lowest BCUT2D eigenvalue weighted by atomic mass is 10.1. The first kappa shape index (κ1) is 30.9. The molecule has 5 aromatic rings. The molecule has 0 radical (unpaired) electrons. The third-order valence-corrected chi connectivity index (χ3v) is 8.62. The zero-order valence-electron chi connectivity index (χ0n) is 25.7. The molecule has 0 saturated carbocycles. The number of hydrogen-bond donors (Lipinski definition) is 0. The van der Waals surface area contributed by atoms with Gasteiger partial charge in [0.25, 0.3) is 0 Å². The molecule has 46 heavy (non-hydrogen) atoms. The lowest BCUT2D eigenvalue weighted by Crippen LogP contribution is -2.28. The molecular formula is C36H35N7O2S. The normalized spacial score (nSPS) is 13.8. The maximum Gasteiger partial charge on any atom is 0.311 e. The summed E-state index contributed by atoms with van der Waals surface area (Å²) < 4.78 is 5.34. The van der Waals surface area contributed by atoms with Crippen molar-refractivity contribution in [3.05, 3.63) is 97.1 Å². The van der Waals surface area contributed by atoms with Crippen LogP contribution in [0.5, 0.6) is 5.75 Å². The number of carbonyl (C=O) groups excluding carboxylic acids is 1. The second-order valence-electron chi connectivity index (χ2n) is 11.0. The van der Waals surface area contributed by atoms with E-state index < -0.39 is 0 Å². The lowest BCUT2D eigenvalue weighted by Gasteiger charge is -2.26. The van der Waals surface area contributed by atoms with Crippen molar-refractivity contribution in [1.29, 1.82) is 0 Å². The molecule has 9 nitrogen and oxygen atoms in total. The summed E-state index contributed by atoms with van der Waals surface area (Å²) in [6, 6.07) is 30.4. The Hall–Kier alpha value is -5.09. The number of benzene rings is 4. The van der Waals surface area contributed by atoms with Crippen LogP contribution >= 0.6 is 11.3 Å². The number of unbranched alkanes of at least 4 members (excludes halogenated alkanes) is 1. The van der Waals surface area contributed by atoms with Crippen LogP contribution < -0.4 is 9.64 Å². The van der Waals surface area contributed by atoms with E-state index >= 15 is 0 Å². The lowest BCUT2D eigenvalue weighted by molar-refractivity contribution is -0.134. The van der Waals surface area contributed by atoms with Gasteiger partial charge < -0.3 is 9.64 Å². The van der Waals surface area contributed by atoms with Crippen LogP contribution in [0, 0.1) is 0 Å². The minimum Gasteiger partial charge on any atom is -0.427 e. The Kier molecular flexibility index (Phi) is 10.3. The zero-order chi connectivity index (χ0) is 31.6. The summed E-state index contributed by atoms with van der Waals surface area (Å²) in [5.41, 5.74) is 3.58. The first-order valence-electron chi connectivity index (χ1n) is 15.7. The Morgan fingerprint density at radius 3 is 1.85 bits per heavy atom. The van der Waals surface area contributed by atoms with E-state index in [1.165, 1.54) is 24.3 Å². The average molecular weight is 630 g/mol. The van der Waals surface area contributed by atoms with Crippen molar-refractivity contribution in [2.75, 3.05) is 18.0 Å². The predicted molar refractivity (Wildman–Crippen MR) is 185 cm³/mol. The van der Waals surface area contributed by atoms with E-state index in [4.69, 9.17) is 4.74 Å². The van der Waals surface area contributed by atoms with Crippen molar-refractivity contribution >= 4 is 66.5 Å². The number of esters is 1. The van der Waals surface area contributed by atoms with Crippen LogP contribution in [0.4, 0.5) is 38.4 Å². The Labute approximate surface area is 272 Å². The number of rotatable bonds is 11. The van der Waals surface area contributed by atoms with Gasteiger partial charge in [0.15, 0.2) is 0 Å². The van der Waals surface area contributed by atoms with Gasteiger partial charge in [-0.2, -0.15) is 15.3 Å². The Morgan fingerprint density at radius 1 is 0.674 bits per heavy atom. The highest BCUT2D eigenvalue weighted by Crippen LogP contribution is 2.38. The second kappa shape index (κ2) is 15.3. The number of fused-ring (bicyclic) bond motifs is 1. The summed E-state index contributed by atoms with van der Waals surface area (Å²) in [6.07, 6.45) is 6.00. The number of thiophene rings is 1. The fraction of sp³-hybridized carbons (Fsp3) is 0.250. The summed E-state index contributed by atoms with van der Waals surface area (Å²) in [5, 5.41) is 30.8. The molecule has 0 aliphatic carbocycles. The molecule has 10 heteroatoms. The molecule has 1 saturated heterocycles. The SMILES string of the molecule is CCCCC(=O)Oc1ccc(N=Nc2ccc(N=Nc3ccc(N=Nc4ccc(N5CCCCC5)s4)c4ccccc34)cc2)cc1. The van der Waals surface area contributed by atoms with E-state index in [0.717, 1.165) is 53.1 Å². The van der Waals surface area contributed by atoms with E-state index in [1.54, 1.807) is 35.6 Å². The molecule has 0 unspecified atom stereocenters. The quantitative estimate of drug-likeness (QED) is 0.0824. The molecular weight excluding hydrogens is 595 g/mol. The van der Waals surface area contributed by atoms with Gasteiger partial charge in [0, 0.05) is 30.3 Å². The fourth-order valence-electron chi connectivity index (χ4n) is 5.10. The summed E-state index contributed by atoms with van der Waals surface area (Å²) in [5.74, 6) is 0.276. The molecule has 0 N–H and O–H groups in total. The number of azo groups is 3. The van der Waals surface area contributed by atoms with Crippen molar-refractivity contribution < 1.29 is 9.53 Å². The fourth-order valence-corrected chi connectivity index (χ4v) is 5.98. The molecule has 1 aliphatic rings. The van der Waals surface area contributed by atoms with Crippen molar-refractivity contribution in [3.8, 4) is 5.75 Å². The van der Waals surface area contributed by atoms with Crippen LogP contribution in [0.25, 0.3) is 10.8 Å². The van der Waals surface area contributed by atoms with Gasteiger partial charge in [0.1, 0.15) is 10.8 Å². The van der Waals surface area contributed by atoms with Crippen LogP contribution in [-0.2, 0) is 4.79 Å². The molecule has 2 heterocycles. The Bertz CT molecular complexity index is 1860. The van der Waals surface area contributed by atoms with Crippen LogP contribution in [0.2, 0.25) is 0 Å². The molecule has 1 fully saturated rings. The summed E-state index contributed by atoms with van der Waals surface area (Å²) >= 11 is 1.68. The zero-order valence-corrected chi connectivity index (χ0v) is 26.6. The van der Waals surface area contributed by atoms with E-state index in [1.807, 2.05) is 73.7 Å². The third-order valence-electron chi connectivity index (χ3n) is 7.59. The number of piperidine rings is 1. The molecule has 0 spiro atoms. The van der Waals surface area contributed by atoms with Gasteiger partial charge in [-0.05, 0) is 98.5 Å². The Balaban J connectivity index is 1.09. The molecule has 0 amide bonds. The first-order valence-corrected chi connectivity index (χ1v) is 16.5. The molecule has 1 aliphatic heterocycles. The smallest absolute Gasteiger partial charge is 0.311 e. The number of nitrogens with zero attached hydrogens (tertiary/aromatic N) is 7. The van der Waals surface area contributed by atoms with Gasteiger partial charge in [-0.15, -0.1) is 15.3 Å². The molecule has 1 aromatic heterocycles. The van der Waals surface area contributed by atoms with Gasteiger partial charge >= 0.3 is 5.97 Å². The number of carbonyl (C=O) groups is 1. The molecule has 232 valence electrons. The summed E-state index contributed by atoms with van der Waals surface area (Å²) in [7, 11) is 0. The Morgan fingerprint density at radius 2 is 1.24 bits per heavy atom. The van der Waals surface area contributed by atoms with Gasteiger partial charge in [0.05, 0.1) is 33.4 Å². The van der Waals surface area contributed by atoms with Gasteiger partial charge in [-0.1, -0.05) is 48.9 Å². The monoisotopic (exact) mass is 629 g/mol. The standard InChI is InChI=1S/C36H35N7O2S/c1-2-3-11-36(44)45-29-18-16-28(17-19-29)38-37-26-12-14-27(15-13-26)39-40-32-20-21-33(31-10-6-5-9-30(31)32)41-42-34-22-23-35(46-34)43-24-7-4-8-25-43/h5-6,9-10,12-23H,2-4,7-8,11,24-25H2,1H3. The third kappa shape index (κ3) is 8.13. The van der Waals surface area contributed by atoms with Crippen molar-refractivity contribution in [2.24, 2.45) is 30.7 Å². The minimum atomic E-state index is -0.226. The number of hydrogen-bond acceptors (Lipinski definition) is 10. The van der Waals surface area contributed by atoms with Crippen LogP contribution in [0.1, 0.15) is 45.4 Å². The van der Waals surface area contributed by atoms with Crippen LogP contribution in [0.3, 0.4) is 0 Å². The molecule has 4 aromatic carbocycles. The van der Waals surface area contributed by atoms with E-state index in [2.05, 4.69) is 41.7 Å². The highest BCUT2D eigenvalue weighted by Gasteiger charge is 2.13. The van der Waals surface area contributed by atoms with Gasteiger partial charge in [-0.25, -0.2) is 0 Å². The topological polar surface area (TPSA) is 104 Å². The highest BCUT2D eigenvalue weighted by molar-refractivity contribution is 7.19. The van der Waals surface area contributed by atoms with Gasteiger partial charge in [0.2, 0.25) is 0 Å². The molecule has 6 rings (SSSR count). The average Bonchev–Trinajstić information content (AvgIpc) is 3.59. The first-order chi connectivity index (χ1) is 22.6. The van der Waals surface area contributed by atoms with E-state index in [-0.39, 0.29) is 5.97 Å². The van der Waals surface area contributed by atoms with E-state index in [0.29, 0.717) is 29.2 Å². The molecule has 0 atom stereocenters. The van der Waals surface area contributed by atoms with Crippen molar-refractivity contribution in [1.82, 2.24) is 0 Å². The van der Waals surface area contributed by atoms with E-state index in [9.17, 15) is 4.79 Å². The molecule has 0 bridgehead atoms. The maximum absolute atomic E-state index is 11.8. The van der Waals surface area contributed by atoms with Crippen LogP contribution in [-0.4, -0.2) is 19.1 Å². The van der Waals surface area contributed by atoms with Crippen molar-refractivity contribution in [2.45, 2.75) is 45.4 Å². The van der Waals surface area contributed by atoms with Crippen molar-refractivity contribution in [3.63, 3.8) is 0 Å². The predicted octanol–water partition coefficient (Wildman–Crippen LogP) is 12.2. The number of ether oxygens (including phenoxy) is 1. The second-order valence-corrected chi connectivity index (χ2v) is 12.0. The largest absolute Gasteiger partial charge is 0.427 e. The van der Waals surface area contributed by atoms with Crippen LogP contribution in [0.15, 0.2) is 128 Å². The minimum absolute atomic E-state index is 0.226. The number of anilines is 1. The van der Waals surface area contributed by atoms with Gasteiger partial charge in [-0.3, -0.25) is 4.79 Å².